The molecule has 2 amide bonds. The highest BCUT2D eigenvalue weighted by Crippen LogP contribution is 2.22. The van der Waals surface area contributed by atoms with Crippen LogP contribution in [0, 0.1) is 0 Å². The summed E-state index contributed by atoms with van der Waals surface area (Å²) in [6.45, 7) is 2.28. The summed E-state index contributed by atoms with van der Waals surface area (Å²) in [5.41, 5.74) is 2.12. The predicted octanol–water partition coefficient (Wildman–Crippen LogP) is 4.77. The Morgan fingerprint density at radius 3 is 2.03 bits per heavy atom. The number of sulfonamides is 1. The van der Waals surface area contributed by atoms with Gasteiger partial charge in [0.1, 0.15) is 12.6 Å². The first-order valence-corrected chi connectivity index (χ1v) is 15.2. The van der Waals surface area contributed by atoms with Crippen molar-refractivity contribution in [1.29, 1.82) is 0 Å². The molecule has 3 rings (SSSR count). The van der Waals surface area contributed by atoms with Crippen LogP contribution in [0.1, 0.15) is 30.9 Å². The van der Waals surface area contributed by atoms with Crippen molar-refractivity contribution >= 4 is 43.5 Å². The average molecular weight is 601 g/mol. The number of nitrogens with zero attached hydrogens (tertiary/aromatic N) is 2. The second-order valence-electron chi connectivity index (χ2n) is 9.10. The van der Waals surface area contributed by atoms with Gasteiger partial charge in [-0.05, 0) is 41.8 Å². The SMILES string of the molecule is CCCCNC(=O)C(Cc1ccccc1)N(Cc1ccccc1)C(=O)CN(c1ccc(Br)cc1)S(C)(=O)=O. The molecule has 0 fully saturated rings. The van der Waals surface area contributed by atoms with Gasteiger partial charge in [-0.25, -0.2) is 8.42 Å². The molecule has 0 radical (unpaired) electrons. The summed E-state index contributed by atoms with van der Waals surface area (Å²) in [5, 5.41) is 2.98. The lowest BCUT2D eigenvalue weighted by Crippen LogP contribution is -2.53. The summed E-state index contributed by atoms with van der Waals surface area (Å²) in [7, 11) is -3.78. The monoisotopic (exact) mass is 599 g/mol. The average Bonchev–Trinajstić information content (AvgIpc) is 2.90. The first-order valence-electron chi connectivity index (χ1n) is 12.6. The normalized spacial score (nSPS) is 12.0. The number of nitrogens with one attached hydrogen (secondary N) is 1. The molecule has 3 aromatic rings. The van der Waals surface area contributed by atoms with Crippen molar-refractivity contribution in [1.82, 2.24) is 10.2 Å². The van der Waals surface area contributed by atoms with Crippen LogP contribution in [0.5, 0.6) is 0 Å². The molecule has 0 aliphatic carbocycles. The van der Waals surface area contributed by atoms with Crippen LogP contribution >= 0.6 is 15.9 Å². The second kappa shape index (κ2) is 14.1. The van der Waals surface area contributed by atoms with Crippen LogP contribution in [-0.2, 0) is 32.6 Å². The molecule has 0 aliphatic rings. The Bertz CT molecular complexity index is 1290. The van der Waals surface area contributed by atoms with E-state index in [9.17, 15) is 18.0 Å². The zero-order valence-corrected chi connectivity index (χ0v) is 24.1. The highest BCUT2D eigenvalue weighted by molar-refractivity contribution is 9.10. The predicted molar refractivity (Wildman–Crippen MR) is 155 cm³/mol. The topological polar surface area (TPSA) is 86.8 Å². The molecule has 0 bridgehead atoms. The number of benzene rings is 3. The minimum absolute atomic E-state index is 0.163. The standard InChI is InChI=1S/C29H34BrN3O4S/c1-3-4-19-31-29(35)27(20-23-11-7-5-8-12-23)32(21-24-13-9-6-10-14-24)28(34)22-33(38(2,36)37)26-17-15-25(30)16-18-26/h5-18,27H,3-4,19-22H2,1-2H3,(H,31,35). The van der Waals surface area contributed by atoms with Gasteiger partial charge in [-0.1, -0.05) is 89.9 Å². The maximum atomic E-state index is 13.9. The summed E-state index contributed by atoms with van der Waals surface area (Å²) >= 11 is 3.36. The van der Waals surface area contributed by atoms with Crippen LogP contribution in [0.15, 0.2) is 89.4 Å². The molecular weight excluding hydrogens is 566 g/mol. The van der Waals surface area contributed by atoms with Gasteiger partial charge in [0, 0.05) is 24.0 Å². The molecule has 0 aliphatic heterocycles. The Morgan fingerprint density at radius 1 is 0.895 bits per heavy atom. The lowest BCUT2D eigenvalue weighted by atomic mass is 10.0. The van der Waals surface area contributed by atoms with Gasteiger partial charge in [-0.2, -0.15) is 0 Å². The summed E-state index contributed by atoms with van der Waals surface area (Å²) in [4.78, 5) is 28.9. The first kappa shape index (κ1) is 29.4. The van der Waals surface area contributed by atoms with E-state index in [2.05, 4.69) is 21.2 Å². The molecule has 1 N–H and O–H groups in total. The van der Waals surface area contributed by atoms with E-state index in [0.29, 0.717) is 18.7 Å². The van der Waals surface area contributed by atoms with Gasteiger partial charge in [0.05, 0.1) is 11.9 Å². The Kier molecular flexibility index (Phi) is 10.9. The molecule has 0 aromatic heterocycles. The lowest BCUT2D eigenvalue weighted by molar-refractivity contribution is -0.140. The minimum Gasteiger partial charge on any atom is -0.354 e. The summed E-state index contributed by atoms with van der Waals surface area (Å²) in [6, 6.07) is 24.8. The Labute approximate surface area is 234 Å². The molecule has 0 saturated heterocycles. The smallest absolute Gasteiger partial charge is 0.244 e. The van der Waals surface area contributed by atoms with Gasteiger partial charge in [0.15, 0.2) is 0 Å². The fourth-order valence-corrected chi connectivity index (χ4v) is 5.18. The van der Waals surface area contributed by atoms with Gasteiger partial charge >= 0.3 is 0 Å². The highest BCUT2D eigenvalue weighted by atomic mass is 79.9. The van der Waals surface area contributed by atoms with E-state index >= 15 is 0 Å². The molecule has 0 saturated carbocycles. The van der Waals surface area contributed by atoms with Gasteiger partial charge in [0.2, 0.25) is 21.8 Å². The third-order valence-electron chi connectivity index (χ3n) is 6.09. The lowest BCUT2D eigenvalue weighted by Gasteiger charge is -2.33. The zero-order chi connectivity index (χ0) is 27.5. The van der Waals surface area contributed by atoms with Crippen LogP contribution in [0.4, 0.5) is 5.69 Å². The van der Waals surface area contributed by atoms with E-state index in [4.69, 9.17) is 0 Å². The van der Waals surface area contributed by atoms with Crippen LogP contribution in [-0.4, -0.2) is 50.5 Å². The van der Waals surface area contributed by atoms with E-state index in [1.165, 1.54) is 4.90 Å². The van der Waals surface area contributed by atoms with Crippen molar-refractivity contribution < 1.29 is 18.0 Å². The van der Waals surface area contributed by atoms with Crippen LogP contribution in [0.3, 0.4) is 0 Å². The van der Waals surface area contributed by atoms with Crippen LogP contribution in [0.2, 0.25) is 0 Å². The molecular formula is C29H34BrN3O4S. The molecule has 7 nitrogen and oxygen atoms in total. The van der Waals surface area contributed by atoms with E-state index in [0.717, 1.165) is 39.0 Å². The fourth-order valence-electron chi connectivity index (χ4n) is 4.06. The maximum Gasteiger partial charge on any atom is 0.244 e. The number of unbranched alkanes of at least 4 members (excludes halogenated alkanes) is 1. The number of amides is 2. The van der Waals surface area contributed by atoms with Gasteiger partial charge in [-0.3, -0.25) is 13.9 Å². The van der Waals surface area contributed by atoms with Gasteiger partial charge in [0.25, 0.3) is 0 Å². The summed E-state index contributed by atoms with van der Waals surface area (Å²) in [5.74, 6) is -0.727. The van der Waals surface area contributed by atoms with Crippen molar-refractivity contribution in [3.8, 4) is 0 Å². The Hall–Kier alpha value is -3.17. The van der Waals surface area contributed by atoms with Crippen molar-refractivity contribution in [2.45, 2.75) is 38.8 Å². The van der Waals surface area contributed by atoms with E-state index in [1.807, 2.05) is 67.6 Å². The van der Waals surface area contributed by atoms with Crippen molar-refractivity contribution in [3.05, 3.63) is 101 Å². The maximum absolute atomic E-state index is 13.9. The third kappa shape index (κ3) is 8.70. The number of anilines is 1. The number of rotatable bonds is 13. The number of hydrogen-bond acceptors (Lipinski definition) is 4. The van der Waals surface area contributed by atoms with E-state index in [-0.39, 0.29) is 12.5 Å². The molecule has 0 spiro atoms. The summed E-state index contributed by atoms with van der Waals surface area (Å²) in [6.07, 6.45) is 3.12. The molecule has 0 heterocycles. The summed E-state index contributed by atoms with van der Waals surface area (Å²) < 4.78 is 27.4. The van der Waals surface area contributed by atoms with Crippen LogP contribution < -0.4 is 9.62 Å². The quantitative estimate of drug-likeness (QED) is 0.287. The van der Waals surface area contributed by atoms with Crippen molar-refractivity contribution in [2.24, 2.45) is 0 Å². The van der Waals surface area contributed by atoms with Crippen molar-refractivity contribution in [2.75, 3.05) is 23.7 Å². The van der Waals surface area contributed by atoms with Gasteiger partial charge < -0.3 is 10.2 Å². The first-order chi connectivity index (χ1) is 18.2. The second-order valence-corrected chi connectivity index (χ2v) is 11.9. The minimum atomic E-state index is -3.78. The molecule has 1 unspecified atom stereocenters. The molecule has 38 heavy (non-hydrogen) atoms. The van der Waals surface area contributed by atoms with Crippen LogP contribution in [0.25, 0.3) is 0 Å². The molecule has 9 heteroatoms. The number of carbonyl (C=O) groups excluding carboxylic acids is 2. The van der Waals surface area contributed by atoms with Gasteiger partial charge in [-0.15, -0.1) is 0 Å². The van der Waals surface area contributed by atoms with E-state index < -0.39 is 28.5 Å². The number of halogens is 1. The van der Waals surface area contributed by atoms with Crippen molar-refractivity contribution in [3.63, 3.8) is 0 Å². The fraction of sp³-hybridized carbons (Fsp3) is 0.310. The highest BCUT2D eigenvalue weighted by Gasteiger charge is 2.32. The molecule has 202 valence electrons. The largest absolute Gasteiger partial charge is 0.354 e. The molecule has 1 atom stereocenters. The molecule has 3 aromatic carbocycles. The zero-order valence-electron chi connectivity index (χ0n) is 21.7. The third-order valence-corrected chi connectivity index (χ3v) is 7.76. The number of carbonyl (C=O) groups is 2. The number of hydrogen-bond donors (Lipinski definition) is 1. The van der Waals surface area contributed by atoms with E-state index in [1.54, 1.807) is 24.3 Å². The Balaban J connectivity index is 2.00. The Morgan fingerprint density at radius 2 is 1.47 bits per heavy atom.